The summed E-state index contributed by atoms with van der Waals surface area (Å²) in [5, 5.41) is 14.0. The van der Waals surface area contributed by atoms with Gasteiger partial charge in [0.25, 0.3) is 5.91 Å². The lowest BCUT2D eigenvalue weighted by molar-refractivity contribution is -0.388. The van der Waals surface area contributed by atoms with E-state index in [4.69, 9.17) is 0 Å². The molecule has 0 radical (unpaired) electrons. The van der Waals surface area contributed by atoms with Crippen LogP contribution in [0.25, 0.3) is 0 Å². The Balaban J connectivity index is 1.64. The standard InChI is InChI=1S/C18H23N5O3/c1-21-13-20-17(23(25)26)16(21)19-12-14-6-8-15(9-7-14)18(24)22-10-4-2-3-5-11-22/h6-9,13,19H,2-5,10-12H2,1H3. The monoisotopic (exact) mass is 357 g/mol. The number of aryl methyl sites for hydroxylation is 1. The lowest BCUT2D eigenvalue weighted by Gasteiger charge is -2.20. The average molecular weight is 357 g/mol. The minimum absolute atomic E-state index is 0.0775. The fourth-order valence-electron chi connectivity index (χ4n) is 3.16. The van der Waals surface area contributed by atoms with E-state index in [9.17, 15) is 14.9 Å². The van der Waals surface area contributed by atoms with Gasteiger partial charge >= 0.3 is 5.82 Å². The van der Waals surface area contributed by atoms with E-state index in [-0.39, 0.29) is 11.7 Å². The highest BCUT2D eigenvalue weighted by atomic mass is 16.6. The number of amides is 1. The second-order valence-corrected chi connectivity index (χ2v) is 6.54. The summed E-state index contributed by atoms with van der Waals surface area (Å²) in [5.74, 6) is 0.244. The van der Waals surface area contributed by atoms with Crippen molar-refractivity contribution in [3.05, 3.63) is 51.8 Å². The molecule has 0 saturated carbocycles. The van der Waals surface area contributed by atoms with Gasteiger partial charge in [-0.05, 0) is 40.4 Å². The summed E-state index contributed by atoms with van der Waals surface area (Å²) >= 11 is 0. The summed E-state index contributed by atoms with van der Waals surface area (Å²) in [5.41, 5.74) is 1.62. The summed E-state index contributed by atoms with van der Waals surface area (Å²) in [6.45, 7) is 2.07. The molecule has 2 heterocycles. The van der Waals surface area contributed by atoms with E-state index in [0.29, 0.717) is 17.9 Å². The molecule has 1 fully saturated rings. The summed E-state index contributed by atoms with van der Waals surface area (Å²) in [6, 6.07) is 7.39. The van der Waals surface area contributed by atoms with Crippen LogP contribution in [0.3, 0.4) is 0 Å². The van der Waals surface area contributed by atoms with Gasteiger partial charge in [-0.15, -0.1) is 0 Å². The Morgan fingerprint density at radius 1 is 1.19 bits per heavy atom. The highest BCUT2D eigenvalue weighted by Gasteiger charge is 2.20. The van der Waals surface area contributed by atoms with E-state index in [1.807, 2.05) is 29.2 Å². The second kappa shape index (κ2) is 7.99. The van der Waals surface area contributed by atoms with Crippen molar-refractivity contribution in [2.45, 2.75) is 32.2 Å². The smallest absolute Gasteiger partial charge is 0.360 e. The zero-order valence-electron chi connectivity index (χ0n) is 14.9. The Kier molecular flexibility index (Phi) is 5.50. The van der Waals surface area contributed by atoms with Crippen LogP contribution in [0.4, 0.5) is 11.6 Å². The predicted molar refractivity (Wildman–Crippen MR) is 98.0 cm³/mol. The molecule has 1 amide bonds. The molecule has 0 bridgehead atoms. The molecule has 1 aromatic carbocycles. The molecule has 1 aliphatic heterocycles. The lowest BCUT2D eigenvalue weighted by Crippen LogP contribution is -2.31. The molecule has 0 unspecified atom stereocenters. The van der Waals surface area contributed by atoms with E-state index in [0.717, 1.165) is 31.5 Å². The van der Waals surface area contributed by atoms with E-state index in [1.165, 1.54) is 19.2 Å². The number of anilines is 1. The molecule has 1 aromatic heterocycles. The van der Waals surface area contributed by atoms with Crippen molar-refractivity contribution in [2.24, 2.45) is 7.05 Å². The number of nitrogens with one attached hydrogen (secondary N) is 1. The zero-order valence-corrected chi connectivity index (χ0v) is 14.9. The third-order valence-corrected chi connectivity index (χ3v) is 4.64. The molecule has 2 aromatic rings. The first-order valence-corrected chi connectivity index (χ1v) is 8.84. The van der Waals surface area contributed by atoms with Gasteiger partial charge in [0, 0.05) is 32.2 Å². The first-order valence-electron chi connectivity index (χ1n) is 8.84. The molecule has 3 rings (SSSR count). The Labute approximate surface area is 152 Å². The number of benzene rings is 1. The number of carbonyl (C=O) groups is 1. The van der Waals surface area contributed by atoms with Crippen molar-refractivity contribution < 1.29 is 9.72 Å². The molecule has 0 aliphatic carbocycles. The number of hydrogen-bond donors (Lipinski definition) is 1. The van der Waals surface area contributed by atoms with E-state index in [1.54, 1.807) is 11.6 Å². The molecule has 26 heavy (non-hydrogen) atoms. The summed E-state index contributed by atoms with van der Waals surface area (Å²) in [6.07, 6.45) is 5.92. The third-order valence-electron chi connectivity index (χ3n) is 4.64. The second-order valence-electron chi connectivity index (χ2n) is 6.54. The van der Waals surface area contributed by atoms with Crippen LogP contribution in [-0.4, -0.2) is 38.4 Å². The number of nitrogens with zero attached hydrogens (tertiary/aromatic N) is 4. The number of aromatic nitrogens is 2. The number of carbonyl (C=O) groups excluding carboxylic acids is 1. The number of rotatable bonds is 5. The lowest BCUT2D eigenvalue weighted by atomic mass is 10.1. The largest absolute Gasteiger partial charge is 0.406 e. The fraction of sp³-hybridized carbons (Fsp3) is 0.444. The zero-order chi connectivity index (χ0) is 18.5. The Morgan fingerprint density at radius 3 is 2.46 bits per heavy atom. The molecule has 0 spiro atoms. The summed E-state index contributed by atoms with van der Waals surface area (Å²) in [4.78, 5) is 28.8. The van der Waals surface area contributed by atoms with Crippen LogP contribution >= 0.6 is 0 Å². The normalized spacial score (nSPS) is 14.7. The first kappa shape index (κ1) is 17.9. The molecular formula is C18H23N5O3. The van der Waals surface area contributed by atoms with Gasteiger partial charge in [-0.25, -0.2) is 0 Å². The van der Waals surface area contributed by atoms with Crippen LogP contribution < -0.4 is 5.32 Å². The molecular weight excluding hydrogens is 334 g/mol. The topological polar surface area (TPSA) is 93.3 Å². The quantitative estimate of drug-likeness (QED) is 0.656. The molecule has 1 aliphatic rings. The number of nitro groups is 1. The van der Waals surface area contributed by atoms with Gasteiger partial charge < -0.3 is 20.3 Å². The summed E-state index contributed by atoms with van der Waals surface area (Å²) < 4.78 is 1.58. The van der Waals surface area contributed by atoms with Gasteiger partial charge in [-0.1, -0.05) is 25.0 Å². The van der Waals surface area contributed by atoms with E-state index < -0.39 is 4.92 Å². The predicted octanol–water partition coefficient (Wildman–Crippen LogP) is 2.96. The maximum Gasteiger partial charge on any atom is 0.406 e. The van der Waals surface area contributed by atoms with Gasteiger partial charge in [-0.2, -0.15) is 0 Å². The van der Waals surface area contributed by atoms with Crippen LogP contribution in [0, 0.1) is 10.1 Å². The Hall–Kier alpha value is -2.90. The molecule has 138 valence electrons. The minimum atomic E-state index is -0.509. The number of imidazole rings is 1. The molecule has 1 N–H and O–H groups in total. The SMILES string of the molecule is Cn1cnc([N+](=O)[O-])c1NCc1ccc(C(=O)N2CCCCCC2)cc1. The van der Waals surface area contributed by atoms with E-state index >= 15 is 0 Å². The minimum Gasteiger partial charge on any atom is -0.360 e. The first-order chi connectivity index (χ1) is 12.6. The van der Waals surface area contributed by atoms with Crippen molar-refractivity contribution in [1.82, 2.24) is 14.5 Å². The maximum absolute atomic E-state index is 12.6. The van der Waals surface area contributed by atoms with Crippen molar-refractivity contribution in [3.8, 4) is 0 Å². The van der Waals surface area contributed by atoms with Crippen LogP contribution in [-0.2, 0) is 13.6 Å². The van der Waals surface area contributed by atoms with Crippen LogP contribution in [0.2, 0.25) is 0 Å². The molecule has 8 heteroatoms. The highest BCUT2D eigenvalue weighted by molar-refractivity contribution is 5.94. The molecule has 8 nitrogen and oxygen atoms in total. The average Bonchev–Trinajstić information content (AvgIpc) is 2.84. The molecule has 1 saturated heterocycles. The van der Waals surface area contributed by atoms with Crippen molar-refractivity contribution in [2.75, 3.05) is 18.4 Å². The highest BCUT2D eigenvalue weighted by Crippen LogP contribution is 2.22. The Bertz CT molecular complexity index is 777. The van der Waals surface area contributed by atoms with Gasteiger partial charge in [0.15, 0.2) is 0 Å². The van der Waals surface area contributed by atoms with Crippen LogP contribution in [0.5, 0.6) is 0 Å². The molecule has 0 atom stereocenters. The van der Waals surface area contributed by atoms with Gasteiger partial charge in [0.2, 0.25) is 12.1 Å². The third kappa shape index (κ3) is 4.01. The number of hydrogen-bond acceptors (Lipinski definition) is 5. The number of likely N-dealkylation sites (tertiary alicyclic amines) is 1. The van der Waals surface area contributed by atoms with Gasteiger partial charge in [0.05, 0.1) is 0 Å². The van der Waals surface area contributed by atoms with Crippen molar-refractivity contribution in [1.29, 1.82) is 0 Å². The fourth-order valence-corrected chi connectivity index (χ4v) is 3.16. The van der Waals surface area contributed by atoms with Crippen molar-refractivity contribution >= 4 is 17.5 Å². The van der Waals surface area contributed by atoms with Gasteiger partial charge in [0.1, 0.15) is 0 Å². The van der Waals surface area contributed by atoms with Gasteiger partial charge in [-0.3, -0.25) is 9.36 Å². The maximum atomic E-state index is 12.6. The summed E-state index contributed by atoms with van der Waals surface area (Å²) in [7, 11) is 1.70. The van der Waals surface area contributed by atoms with Crippen LogP contribution in [0.15, 0.2) is 30.6 Å². The van der Waals surface area contributed by atoms with Crippen LogP contribution in [0.1, 0.15) is 41.6 Å². The van der Waals surface area contributed by atoms with E-state index in [2.05, 4.69) is 10.3 Å². The van der Waals surface area contributed by atoms with Crippen molar-refractivity contribution in [3.63, 3.8) is 0 Å². The Morgan fingerprint density at radius 2 is 1.85 bits per heavy atom.